The van der Waals surface area contributed by atoms with Crippen molar-refractivity contribution in [1.29, 1.82) is 0 Å². The lowest BCUT2D eigenvalue weighted by atomic mass is 10.0. The van der Waals surface area contributed by atoms with Crippen LogP contribution in [0.2, 0.25) is 0 Å². The first-order chi connectivity index (χ1) is 9.70. The Kier molecular flexibility index (Phi) is 3.63. The van der Waals surface area contributed by atoms with E-state index in [2.05, 4.69) is 39.5 Å². The first-order valence-corrected chi connectivity index (χ1v) is 7.95. The minimum absolute atomic E-state index is 0.359. The van der Waals surface area contributed by atoms with Crippen LogP contribution >= 0.6 is 27.3 Å². The summed E-state index contributed by atoms with van der Waals surface area (Å²) >= 11 is 5.10. The Morgan fingerprint density at radius 2 is 2.00 bits per heavy atom. The number of aromatic nitrogens is 1. The van der Waals surface area contributed by atoms with Crippen molar-refractivity contribution in [2.24, 2.45) is 0 Å². The maximum Gasteiger partial charge on any atom is 0.230 e. The van der Waals surface area contributed by atoms with Gasteiger partial charge in [0.2, 0.25) is 5.88 Å². The van der Waals surface area contributed by atoms with E-state index in [1.54, 1.807) is 11.3 Å². The van der Waals surface area contributed by atoms with E-state index in [4.69, 9.17) is 10.3 Å². The SMILES string of the molecule is CCc1ccsc1-c1noc(N)c1-c1ccc(Br)cc1. The van der Waals surface area contributed by atoms with E-state index in [0.29, 0.717) is 5.88 Å². The highest BCUT2D eigenvalue weighted by Gasteiger charge is 2.20. The van der Waals surface area contributed by atoms with Crippen LogP contribution in [0.15, 0.2) is 44.7 Å². The molecule has 0 amide bonds. The van der Waals surface area contributed by atoms with Gasteiger partial charge in [0, 0.05) is 4.47 Å². The van der Waals surface area contributed by atoms with E-state index < -0.39 is 0 Å². The van der Waals surface area contributed by atoms with Crippen LogP contribution in [0.5, 0.6) is 0 Å². The normalized spacial score (nSPS) is 10.9. The number of anilines is 1. The fourth-order valence-corrected chi connectivity index (χ4v) is 3.42. The third-order valence-corrected chi connectivity index (χ3v) is 4.69. The average molecular weight is 349 g/mol. The molecule has 1 aromatic carbocycles. The number of nitrogens with two attached hydrogens (primary N) is 1. The van der Waals surface area contributed by atoms with Crippen LogP contribution in [-0.4, -0.2) is 5.16 Å². The molecule has 0 aliphatic carbocycles. The van der Waals surface area contributed by atoms with E-state index in [1.807, 2.05) is 24.3 Å². The minimum atomic E-state index is 0.359. The second-order valence-electron chi connectivity index (χ2n) is 4.41. The first kappa shape index (κ1) is 13.4. The molecule has 3 nitrogen and oxygen atoms in total. The van der Waals surface area contributed by atoms with Gasteiger partial charge in [-0.15, -0.1) is 11.3 Å². The van der Waals surface area contributed by atoms with Gasteiger partial charge in [-0.05, 0) is 41.1 Å². The quantitative estimate of drug-likeness (QED) is 0.726. The molecule has 0 aliphatic rings. The number of aryl methyl sites for hydroxylation is 1. The molecular formula is C15H13BrN2OS. The fourth-order valence-electron chi connectivity index (χ4n) is 2.18. The molecule has 5 heteroatoms. The summed E-state index contributed by atoms with van der Waals surface area (Å²) in [5.41, 5.74) is 9.95. The summed E-state index contributed by atoms with van der Waals surface area (Å²) in [4.78, 5) is 1.13. The molecule has 0 unspecified atom stereocenters. The molecule has 2 N–H and O–H groups in total. The summed E-state index contributed by atoms with van der Waals surface area (Å²) in [7, 11) is 0. The van der Waals surface area contributed by atoms with Crippen molar-refractivity contribution in [3.8, 4) is 21.7 Å². The highest BCUT2D eigenvalue weighted by Crippen LogP contribution is 2.40. The van der Waals surface area contributed by atoms with E-state index >= 15 is 0 Å². The monoisotopic (exact) mass is 348 g/mol. The van der Waals surface area contributed by atoms with Crippen LogP contribution in [0, 0.1) is 0 Å². The third-order valence-electron chi connectivity index (χ3n) is 3.19. The molecule has 0 atom stereocenters. The molecular weight excluding hydrogens is 336 g/mol. The lowest BCUT2D eigenvalue weighted by Gasteiger charge is -2.03. The standard InChI is InChI=1S/C15H13BrN2OS/c1-2-9-7-8-20-14(9)13-12(15(17)19-18-13)10-3-5-11(16)6-4-10/h3-8H,2,17H2,1H3. The molecule has 102 valence electrons. The van der Waals surface area contributed by atoms with Gasteiger partial charge in [0.1, 0.15) is 5.69 Å². The maximum absolute atomic E-state index is 5.97. The predicted molar refractivity (Wildman–Crippen MR) is 86.7 cm³/mol. The highest BCUT2D eigenvalue weighted by atomic mass is 79.9. The first-order valence-electron chi connectivity index (χ1n) is 6.28. The summed E-state index contributed by atoms with van der Waals surface area (Å²) in [5.74, 6) is 0.359. The number of rotatable bonds is 3. The molecule has 3 rings (SSSR count). The second kappa shape index (κ2) is 5.42. The van der Waals surface area contributed by atoms with Crippen molar-refractivity contribution in [1.82, 2.24) is 5.16 Å². The van der Waals surface area contributed by atoms with Crippen LogP contribution in [0.1, 0.15) is 12.5 Å². The van der Waals surface area contributed by atoms with E-state index in [-0.39, 0.29) is 0 Å². The number of halogens is 1. The molecule has 20 heavy (non-hydrogen) atoms. The summed E-state index contributed by atoms with van der Waals surface area (Å²) in [6.45, 7) is 2.13. The molecule has 0 spiro atoms. The molecule has 2 heterocycles. The zero-order chi connectivity index (χ0) is 14.1. The number of hydrogen-bond acceptors (Lipinski definition) is 4. The predicted octanol–water partition coefficient (Wildman–Crippen LogP) is 4.98. The van der Waals surface area contributed by atoms with Crippen molar-refractivity contribution in [2.45, 2.75) is 13.3 Å². The number of nitrogen functional groups attached to an aromatic ring is 1. The van der Waals surface area contributed by atoms with Gasteiger partial charge in [-0.25, -0.2) is 0 Å². The van der Waals surface area contributed by atoms with Crippen molar-refractivity contribution < 1.29 is 4.52 Å². The zero-order valence-corrected chi connectivity index (χ0v) is 13.3. The summed E-state index contributed by atoms with van der Waals surface area (Å²) in [6, 6.07) is 10.1. The molecule has 0 aliphatic heterocycles. The molecule has 3 aromatic rings. The third kappa shape index (κ3) is 2.27. The van der Waals surface area contributed by atoms with Crippen molar-refractivity contribution in [3.05, 3.63) is 45.7 Å². The van der Waals surface area contributed by atoms with Gasteiger partial charge in [-0.1, -0.05) is 40.1 Å². The van der Waals surface area contributed by atoms with Crippen LogP contribution in [-0.2, 0) is 6.42 Å². The van der Waals surface area contributed by atoms with Gasteiger partial charge in [0.05, 0.1) is 10.4 Å². The molecule has 0 radical (unpaired) electrons. The van der Waals surface area contributed by atoms with Crippen molar-refractivity contribution in [2.75, 3.05) is 5.73 Å². The Morgan fingerprint density at radius 1 is 1.25 bits per heavy atom. The van der Waals surface area contributed by atoms with Gasteiger partial charge in [0.25, 0.3) is 0 Å². The van der Waals surface area contributed by atoms with Crippen molar-refractivity contribution in [3.63, 3.8) is 0 Å². The zero-order valence-electron chi connectivity index (χ0n) is 10.9. The van der Waals surface area contributed by atoms with E-state index in [9.17, 15) is 0 Å². The van der Waals surface area contributed by atoms with E-state index in [0.717, 1.165) is 32.6 Å². The Hall–Kier alpha value is -1.59. The smallest absolute Gasteiger partial charge is 0.230 e. The molecule has 0 saturated carbocycles. The van der Waals surface area contributed by atoms with Gasteiger partial charge in [-0.2, -0.15) is 0 Å². The molecule has 0 bridgehead atoms. The number of hydrogen-bond donors (Lipinski definition) is 1. The highest BCUT2D eigenvalue weighted by molar-refractivity contribution is 9.10. The molecule has 0 saturated heterocycles. The van der Waals surface area contributed by atoms with Crippen molar-refractivity contribution >= 4 is 33.2 Å². The summed E-state index contributed by atoms with van der Waals surface area (Å²) in [5, 5.41) is 6.24. The van der Waals surface area contributed by atoms with Gasteiger partial charge in [0.15, 0.2) is 0 Å². The Morgan fingerprint density at radius 3 is 2.70 bits per heavy atom. The second-order valence-corrected chi connectivity index (χ2v) is 6.24. The summed E-state index contributed by atoms with van der Waals surface area (Å²) < 4.78 is 6.26. The lowest BCUT2D eigenvalue weighted by molar-refractivity contribution is 0.439. The number of thiophene rings is 1. The molecule has 0 fully saturated rings. The van der Waals surface area contributed by atoms with Crippen LogP contribution < -0.4 is 5.73 Å². The minimum Gasteiger partial charge on any atom is -0.367 e. The average Bonchev–Trinajstić information content (AvgIpc) is 3.05. The fraction of sp³-hybridized carbons (Fsp3) is 0.133. The topological polar surface area (TPSA) is 52.0 Å². The van der Waals surface area contributed by atoms with Gasteiger partial charge < -0.3 is 10.3 Å². The van der Waals surface area contributed by atoms with Crippen LogP contribution in [0.25, 0.3) is 21.7 Å². The Labute approximate surface area is 129 Å². The van der Waals surface area contributed by atoms with Gasteiger partial charge >= 0.3 is 0 Å². The summed E-state index contributed by atoms with van der Waals surface area (Å²) in [6.07, 6.45) is 0.964. The number of nitrogens with zero attached hydrogens (tertiary/aromatic N) is 1. The Balaban J connectivity index is 2.17. The largest absolute Gasteiger partial charge is 0.367 e. The van der Waals surface area contributed by atoms with E-state index in [1.165, 1.54) is 5.56 Å². The van der Waals surface area contributed by atoms with Crippen LogP contribution in [0.4, 0.5) is 5.88 Å². The van der Waals surface area contributed by atoms with Gasteiger partial charge in [-0.3, -0.25) is 0 Å². The maximum atomic E-state index is 5.97. The Bertz CT molecular complexity index is 731. The number of benzene rings is 1. The van der Waals surface area contributed by atoms with Crippen LogP contribution in [0.3, 0.4) is 0 Å². The lowest BCUT2D eigenvalue weighted by Crippen LogP contribution is -1.88. The molecule has 2 aromatic heterocycles.